The van der Waals surface area contributed by atoms with Crippen molar-refractivity contribution in [3.05, 3.63) is 88.3 Å². The summed E-state index contributed by atoms with van der Waals surface area (Å²) in [4.78, 5) is 50.6. The zero-order chi connectivity index (χ0) is 29.5. The zero-order valence-electron chi connectivity index (χ0n) is 22.0. The minimum atomic E-state index is -0.990. The van der Waals surface area contributed by atoms with Gasteiger partial charge in [-0.2, -0.15) is 0 Å². The van der Waals surface area contributed by atoms with Crippen LogP contribution in [0.4, 0.5) is 25.0 Å². The quantitative estimate of drug-likeness (QED) is 0.315. The van der Waals surface area contributed by atoms with E-state index in [1.165, 1.54) is 13.2 Å². The molecule has 0 radical (unpaired) electrons. The maximum absolute atomic E-state index is 13.8. The molecule has 2 N–H and O–H groups in total. The smallest absolute Gasteiger partial charge is 0.294 e. The molecule has 4 amide bonds. The lowest BCUT2D eigenvalue weighted by Crippen LogP contribution is -2.36. The maximum atomic E-state index is 13.8. The fourth-order valence-corrected chi connectivity index (χ4v) is 4.61. The van der Waals surface area contributed by atoms with E-state index in [-0.39, 0.29) is 23.1 Å². The summed E-state index contributed by atoms with van der Waals surface area (Å²) in [6.07, 6.45) is 2.34. The van der Waals surface area contributed by atoms with E-state index < -0.39 is 35.2 Å². The normalized spacial score (nSPS) is 13.9. The van der Waals surface area contributed by atoms with E-state index in [0.717, 1.165) is 29.0 Å². The van der Waals surface area contributed by atoms with Gasteiger partial charge in [-0.3, -0.25) is 24.1 Å². The van der Waals surface area contributed by atoms with Gasteiger partial charge in [0.05, 0.1) is 17.7 Å². The number of halogens is 2. The Morgan fingerprint density at radius 2 is 1.71 bits per heavy atom. The number of amides is 4. The lowest BCUT2D eigenvalue weighted by atomic mass is 10.1. The first-order chi connectivity index (χ1) is 19.7. The largest absolute Gasteiger partial charge is 0.493 e. The van der Waals surface area contributed by atoms with Crippen LogP contribution in [0.3, 0.4) is 0 Å². The molecule has 1 aliphatic rings. The molecule has 0 aromatic heterocycles. The van der Waals surface area contributed by atoms with Gasteiger partial charge in [0.2, 0.25) is 5.91 Å². The first-order valence-corrected chi connectivity index (χ1v) is 13.2. The predicted octanol–water partition coefficient (Wildman–Crippen LogP) is 5.23. The van der Waals surface area contributed by atoms with Crippen LogP contribution in [0.25, 0.3) is 6.08 Å². The first kappa shape index (κ1) is 29.3. The molecule has 212 valence electrons. The van der Waals surface area contributed by atoms with Crippen LogP contribution in [0.15, 0.2) is 65.6 Å². The van der Waals surface area contributed by atoms with Crippen LogP contribution < -0.4 is 20.1 Å². The van der Waals surface area contributed by atoms with E-state index in [0.29, 0.717) is 40.6 Å². The molecule has 3 aromatic carbocycles. The Morgan fingerprint density at radius 3 is 2.39 bits per heavy atom. The number of carbonyl (C=O) groups is 4. The van der Waals surface area contributed by atoms with E-state index >= 15 is 0 Å². The highest BCUT2D eigenvalue weighted by Crippen LogP contribution is 2.34. The zero-order valence-corrected chi connectivity index (χ0v) is 22.8. The molecule has 41 heavy (non-hydrogen) atoms. The van der Waals surface area contributed by atoms with E-state index in [4.69, 9.17) is 9.47 Å². The van der Waals surface area contributed by atoms with Gasteiger partial charge in [0.25, 0.3) is 17.1 Å². The first-order valence-electron chi connectivity index (χ1n) is 12.4. The van der Waals surface area contributed by atoms with Gasteiger partial charge in [0.15, 0.2) is 18.1 Å². The van der Waals surface area contributed by atoms with E-state index in [1.807, 2.05) is 31.2 Å². The molecule has 0 saturated carbocycles. The molecule has 0 unspecified atom stereocenters. The predicted molar refractivity (Wildman–Crippen MR) is 151 cm³/mol. The number of imide groups is 1. The van der Waals surface area contributed by atoms with Crippen molar-refractivity contribution in [2.75, 3.05) is 30.9 Å². The van der Waals surface area contributed by atoms with Gasteiger partial charge in [-0.1, -0.05) is 25.1 Å². The summed E-state index contributed by atoms with van der Waals surface area (Å²) >= 11 is 0.635. The third kappa shape index (κ3) is 7.48. The molecule has 0 spiro atoms. The van der Waals surface area contributed by atoms with Crippen LogP contribution in [-0.2, 0) is 20.8 Å². The molecule has 1 saturated heterocycles. The number of hydrogen-bond donors (Lipinski definition) is 2. The number of ether oxygens (including phenoxy) is 2. The standard InChI is InChI=1S/C29H25F2N3O6S/c1-3-17-4-8-20(9-5-17)32-27(36)16-40-23-11-6-18(12-24(23)39-2)13-25-28(37)34(29(38)41-25)15-26(35)33-22-10-7-19(30)14-21(22)31/h4-14H,3,15-16H2,1-2H3,(H,32,36)(H,33,35)/b25-13-. The Bertz CT molecular complexity index is 1530. The average Bonchev–Trinajstić information content (AvgIpc) is 3.21. The van der Waals surface area contributed by atoms with Crippen molar-refractivity contribution in [3.8, 4) is 11.5 Å². The number of aryl methyl sites for hydroxylation is 1. The van der Waals surface area contributed by atoms with Crippen LogP contribution in [0.1, 0.15) is 18.1 Å². The molecule has 9 nitrogen and oxygen atoms in total. The van der Waals surface area contributed by atoms with Crippen molar-refractivity contribution in [1.82, 2.24) is 4.90 Å². The van der Waals surface area contributed by atoms with Crippen LogP contribution in [-0.4, -0.2) is 48.1 Å². The number of nitrogens with one attached hydrogen (secondary N) is 2. The third-order valence-corrected chi connectivity index (χ3v) is 6.78. The van der Waals surface area contributed by atoms with Gasteiger partial charge in [-0.15, -0.1) is 0 Å². The number of methoxy groups -OCH3 is 1. The van der Waals surface area contributed by atoms with Crippen LogP contribution in [0.5, 0.6) is 11.5 Å². The summed E-state index contributed by atoms with van der Waals surface area (Å²) in [6, 6.07) is 14.8. The molecular formula is C29H25F2N3O6S. The second-order valence-electron chi connectivity index (χ2n) is 8.74. The van der Waals surface area contributed by atoms with Gasteiger partial charge < -0.3 is 20.1 Å². The minimum Gasteiger partial charge on any atom is -0.493 e. The lowest BCUT2D eigenvalue weighted by molar-refractivity contribution is -0.127. The van der Waals surface area contributed by atoms with Gasteiger partial charge >= 0.3 is 0 Å². The van der Waals surface area contributed by atoms with Crippen LogP contribution in [0.2, 0.25) is 0 Å². The Kier molecular flexibility index (Phi) is 9.35. The van der Waals surface area contributed by atoms with Crippen molar-refractivity contribution >= 4 is 52.2 Å². The highest BCUT2D eigenvalue weighted by molar-refractivity contribution is 8.18. The number of nitrogens with zero attached hydrogens (tertiary/aromatic N) is 1. The van der Waals surface area contributed by atoms with Gasteiger partial charge in [0.1, 0.15) is 18.2 Å². The van der Waals surface area contributed by atoms with Crippen molar-refractivity contribution in [2.45, 2.75) is 13.3 Å². The molecule has 0 atom stereocenters. The Hall–Kier alpha value is -4.71. The van der Waals surface area contributed by atoms with Crippen molar-refractivity contribution in [3.63, 3.8) is 0 Å². The van der Waals surface area contributed by atoms with E-state index in [9.17, 15) is 28.0 Å². The van der Waals surface area contributed by atoms with Crippen LogP contribution >= 0.6 is 11.8 Å². The molecule has 12 heteroatoms. The fraction of sp³-hybridized carbons (Fsp3) is 0.172. The number of anilines is 2. The Balaban J connectivity index is 1.37. The third-order valence-electron chi connectivity index (χ3n) is 5.87. The molecule has 0 bridgehead atoms. The number of rotatable bonds is 10. The number of carbonyl (C=O) groups excluding carboxylic acids is 4. The maximum Gasteiger partial charge on any atom is 0.294 e. The van der Waals surface area contributed by atoms with Crippen LogP contribution in [0, 0.1) is 11.6 Å². The van der Waals surface area contributed by atoms with Crippen molar-refractivity contribution in [1.29, 1.82) is 0 Å². The van der Waals surface area contributed by atoms with E-state index in [2.05, 4.69) is 10.6 Å². The lowest BCUT2D eigenvalue weighted by Gasteiger charge is -2.13. The second-order valence-corrected chi connectivity index (χ2v) is 9.73. The summed E-state index contributed by atoms with van der Waals surface area (Å²) < 4.78 is 37.9. The van der Waals surface area contributed by atoms with Gasteiger partial charge in [-0.05, 0) is 71.8 Å². The fourth-order valence-electron chi connectivity index (χ4n) is 3.77. The summed E-state index contributed by atoms with van der Waals surface area (Å²) in [5, 5.41) is 4.28. The van der Waals surface area contributed by atoms with Crippen molar-refractivity contribution in [2.24, 2.45) is 0 Å². The highest BCUT2D eigenvalue weighted by atomic mass is 32.2. The molecule has 4 rings (SSSR count). The van der Waals surface area contributed by atoms with Gasteiger partial charge in [-0.25, -0.2) is 8.78 Å². The number of thioether (sulfide) groups is 1. The topological polar surface area (TPSA) is 114 Å². The second kappa shape index (κ2) is 13.1. The molecular weight excluding hydrogens is 556 g/mol. The molecule has 0 aliphatic carbocycles. The Labute approximate surface area is 238 Å². The summed E-state index contributed by atoms with van der Waals surface area (Å²) in [5.41, 5.74) is 2.01. The van der Waals surface area contributed by atoms with E-state index in [1.54, 1.807) is 18.2 Å². The van der Waals surface area contributed by atoms with Crippen molar-refractivity contribution < 1.29 is 37.4 Å². The Morgan fingerprint density at radius 1 is 0.951 bits per heavy atom. The average molecular weight is 582 g/mol. The summed E-state index contributed by atoms with van der Waals surface area (Å²) in [5.74, 6) is -3.12. The number of benzene rings is 3. The molecule has 1 fully saturated rings. The highest BCUT2D eigenvalue weighted by Gasteiger charge is 2.36. The summed E-state index contributed by atoms with van der Waals surface area (Å²) in [7, 11) is 1.41. The minimum absolute atomic E-state index is 0.0555. The molecule has 3 aromatic rings. The van der Waals surface area contributed by atoms with Gasteiger partial charge in [0, 0.05) is 11.8 Å². The SMILES string of the molecule is CCc1ccc(NC(=O)COc2ccc(/C=C3\SC(=O)N(CC(=O)Nc4ccc(F)cc4F)C3=O)cc2OC)cc1. The monoisotopic (exact) mass is 581 g/mol. The summed E-state index contributed by atoms with van der Waals surface area (Å²) in [6.45, 7) is 1.12. The molecule has 1 heterocycles. The number of hydrogen-bond acceptors (Lipinski definition) is 7. The molecule has 1 aliphatic heterocycles.